The highest BCUT2D eigenvalue weighted by molar-refractivity contribution is 5.66. The van der Waals surface area contributed by atoms with Gasteiger partial charge in [0.1, 0.15) is 42.3 Å². The highest BCUT2D eigenvalue weighted by Crippen LogP contribution is 2.56. The Hall–Kier alpha value is -2.78. The zero-order chi connectivity index (χ0) is 26.3. The molecule has 2 aromatic heterocycles. The van der Waals surface area contributed by atoms with Crippen molar-refractivity contribution in [3.8, 4) is 0 Å². The van der Waals surface area contributed by atoms with Gasteiger partial charge < -0.3 is 46.2 Å². The highest BCUT2D eigenvalue weighted by Gasteiger charge is 2.59. The lowest BCUT2D eigenvalue weighted by Crippen LogP contribution is -2.28. The topological polar surface area (TPSA) is 185 Å². The van der Waals surface area contributed by atoms with Gasteiger partial charge in [0, 0.05) is 25.9 Å². The first kappa shape index (κ1) is 25.5. The SMILES string of the molecule is CCC1(OC2CC[C@H](N)O2)c2ncnc(NC/C=C/CNc3ncnc4c3C4(CO)OC3CC[C@H](N)O3)c21. The predicted octanol–water partition coefficient (Wildman–Crippen LogP) is 0.739. The molecule has 38 heavy (non-hydrogen) atoms. The minimum absolute atomic E-state index is 0.240. The Kier molecular flexibility index (Phi) is 6.76. The lowest BCUT2D eigenvalue weighted by Gasteiger charge is -2.20. The van der Waals surface area contributed by atoms with Gasteiger partial charge in [0.25, 0.3) is 0 Å². The number of aliphatic hydroxyl groups is 1. The molecule has 2 fully saturated rings. The fraction of sp³-hybridized carbons (Fsp3) is 0.600. The molecule has 2 saturated heterocycles. The zero-order valence-electron chi connectivity index (χ0n) is 21.3. The second kappa shape index (κ2) is 10.1. The van der Waals surface area contributed by atoms with Gasteiger partial charge in [0.15, 0.2) is 18.2 Å². The van der Waals surface area contributed by atoms with Crippen molar-refractivity contribution in [3.05, 3.63) is 47.3 Å². The Bertz CT molecular complexity index is 1120. The van der Waals surface area contributed by atoms with Crippen molar-refractivity contribution < 1.29 is 24.1 Å². The average Bonchev–Trinajstić information content (AvgIpc) is 3.60. The van der Waals surface area contributed by atoms with Crippen molar-refractivity contribution in [3.63, 3.8) is 0 Å². The van der Waals surface area contributed by atoms with Crippen LogP contribution in [0.1, 0.15) is 61.5 Å². The smallest absolute Gasteiger partial charge is 0.167 e. The van der Waals surface area contributed by atoms with Crippen LogP contribution >= 0.6 is 0 Å². The summed E-state index contributed by atoms with van der Waals surface area (Å²) in [7, 11) is 0. The molecule has 2 aliphatic carbocycles. The van der Waals surface area contributed by atoms with E-state index < -0.39 is 17.5 Å². The van der Waals surface area contributed by atoms with Gasteiger partial charge in [-0.1, -0.05) is 19.1 Å². The van der Waals surface area contributed by atoms with Crippen LogP contribution in [0.4, 0.5) is 11.6 Å². The number of nitrogens with two attached hydrogens (primary N) is 2. The lowest BCUT2D eigenvalue weighted by molar-refractivity contribution is -0.187. The predicted molar refractivity (Wildman–Crippen MR) is 135 cm³/mol. The van der Waals surface area contributed by atoms with E-state index in [9.17, 15) is 5.11 Å². The van der Waals surface area contributed by atoms with Crippen LogP contribution in [0.2, 0.25) is 0 Å². The second-order valence-electron chi connectivity index (χ2n) is 9.89. The van der Waals surface area contributed by atoms with Gasteiger partial charge in [-0.25, -0.2) is 19.9 Å². The minimum atomic E-state index is -0.988. The summed E-state index contributed by atoms with van der Waals surface area (Å²) in [5.41, 5.74) is 13.4. The molecule has 0 radical (unpaired) electrons. The normalized spacial score (nSPS) is 32.8. The molecule has 7 N–H and O–H groups in total. The monoisotopic (exact) mass is 526 g/mol. The van der Waals surface area contributed by atoms with Crippen molar-refractivity contribution >= 4 is 11.6 Å². The number of hydrogen-bond acceptors (Lipinski definition) is 13. The third-order valence-electron chi connectivity index (χ3n) is 7.50. The van der Waals surface area contributed by atoms with Gasteiger partial charge in [-0.2, -0.15) is 0 Å². The first-order valence-electron chi connectivity index (χ1n) is 13.1. The Morgan fingerprint density at radius 1 is 0.868 bits per heavy atom. The van der Waals surface area contributed by atoms with Crippen molar-refractivity contribution in [2.24, 2.45) is 11.5 Å². The summed E-state index contributed by atoms with van der Waals surface area (Å²) in [6, 6.07) is 0. The Labute approximate surface area is 220 Å². The van der Waals surface area contributed by atoms with Crippen molar-refractivity contribution in [1.29, 1.82) is 0 Å². The fourth-order valence-corrected chi connectivity index (χ4v) is 5.42. The van der Waals surface area contributed by atoms with Gasteiger partial charge in [-0.15, -0.1) is 0 Å². The fourth-order valence-electron chi connectivity index (χ4n) is 5.42. The molecule has 2 aromatic rings. The Morgan fingerprint density at radius 2 is 1.37 bits per heavy atom. The van der Waals surface area contributed by atoms with Gasteiger partial charge >= 0.3 is 0 Å². The van der Waals surface area contributed by atoms with E-state index in [1.165, 1.54) is 6.33 Å². The number of nitrogens with zero attached hydrogens (tertiary/aromatic N) is 4. The molecular weight excluding hydrogens is 492 g/mol. The maximum absolute atomic E-state index is 10.1. The summed E-state index contributed by atoms with van der Waals surface area (Å²) in [4.78, 5) is 17.5. The molecular formula is C25H34N8O5. The summed E-state index contributed by atoms with van der Waals surface area (Å²) in [6.07, 6.45) is 9.26. The highest BCUT2D eigenvalue weighted by atomic mass is 16.7. The number of ether oxygens (including phenoxy) is 4. The van der Waals surface area contributed by atoms with Crippen LogP contribution in [0.3, 0.4) is 0 Å². The van der Waals surface area contributed by atoms with Crippen molar-refractivity contribution in [2.45, 2.75) is 75.3 Å². The number of aromatic nitrogens is 4. The third-order valence-corrected chi connectivity index (χ3v) is 7.50. The second-order valence-corrected chi connectivity index (χ2v) is 9.89. The van der Waals surface area contributed by atoms with E-state index in [4.69, 9.17) is 30.4 Å². The van der Waals surface area contributed by atoms with Crippen LogP contribution in [-0.2, 0) is 30.1 Å². The Balaban J connectivity index is 1.02. The average molecular weight is 527 g/mol. The molecule has 0 saturated carbocycles. The van der Waals surface area contributed by atoms with Gasteiger partial charge in [0.2, 0.25) is 0 Å². The maximum atomic E-state index is 10.1. The van der Waals surface area contributed by atoms with Crippen LogP contribution in [0.25, 0.3) is 0 Å². The number of aliphatic hydroxyl groups excluding tert-OH is 1. The molecule has 6 rings (SSSR count). The van der Waals surface area contributed by atoms with Crippen molar-refractivity contribution in [2.75, 3.05) is 30.3 Å². The molecule has 0 aromatic carbocycles. The van der Waals surface area contributed by atoms with E-state index in [2.05, 4.69) is 37.5 Å². The summed E-state index contributed by atoms with van der Waals surface area (Å²) in [6.45, 7) is 2.93. The number of hydrogen-bond donors (Lipinski definition) is 5. The van der Waals surface area contributed by atoms with Crippen LogP contribution < -0.4 is 22.1 Å². The summed E-state index contributed by atoms with van der Waals surface area (Å²) < 4.78 is 23.6. The van der Waals surface area contributed by atoms with Crippen LogP contribution in [0.5, 0.6) is 0 Å². The lowest BCUT2D eigenvalue weighted by atomic mass is 10.2. The largest absolute Gasteiger partial charge is 0.393 e. The van der Waals surface area contributed by atoms with Gasteiger partial charge in [-0.3, -0.25) is 0 Å². The van der Waals surface area contributed by atoms with E-state index in [0.29, 0.717) is 37.4 Å². The quantitative estimate of drug-likeness (QED) is 0.244. The number of nitrogens with one attached hydrogen (secondary N) is 2. The first-order chi connectivity index (χ1) is 18.5. The Morgan fingerprint density at radius 3 is 1.84 bits per heavy atom. The van der Waals surface area contributed by atoms with E-state index in [0.717, 1.165) is 41.9 Å². The molecule has 0 bridgehead atoms. The zero-order valence-corrected chi connectivity index (χ0v) is 21.3. The van der Waals surface area contributed by atoms with E-state index in [-0.39, 0.29) is 25.4 Å². The summed E-state index contributed by atoms with van der Waals surface area (Å²) in [5, 5.41) is 16.7. The molecule has 4 unspecified atom stereocenters. The van der Waals surface area contributed by atoms with E-state index >= 15 is 0 Å². The standard InChI is InChI=1S/C25H34N8O5/c1-2-24(37-16-7-5-14(26)35-16)18-20(24)30-12-32-22(18)28-9-3-4-10-29-23-19-21(31-13-33-23)25(19,11-34)38-17-8-6-15(27)36-17/h3-4,12-17,34H,2,5-11,26-27H2,1H3,(H,28,30,32)(H,29,31,33)/b4-3+/t14-,15-,16?,17?,24?,25?/m1/s1. The molecule has 13 heteroatoms. The van der Waals surface area contributed by atoms with Crippen LogP contribution in [-0.4, -0.2) is 69.8 Å². The molecule has 0 amide bonds. The summed E-state index contributed by atoms with van der Waals surface area (Å²) in [5.74, 6) is 1.39. The maximum Gasteiger partial charge on any atom is 0.167 e. The molecule has 4 aliphatic rings. The minimum Gasteiger partial charge on any atom is -0.393 e. The number of fused-ring (bicyclic) bond motifs is 2. The van der Waals surface area contributed by atoms with Gasteiger partial charge in [-0.05, 0) is 19.3 Å². The third kappa shape index (κ3) is 4.43. The van der Waals surface area contributed by atoms with E-state index in [1.54, 1.807) is 6.33 Å². The van der Waals surface area contributed by atoms with Crippen LogP contribution in [0.15, 0.2) is 24.8 Å². The molecule has 13 nitrogen and oxygen atoms in total. The summed E-state index contributed by atoms with van der Waals surface area (Å²) >= 11 is 0. The van der Waals surface area contributed by atoms with Gasteiger partial charge in [0.05, 0.1) is 29.1 Å². The van der Waals surface area contributed by atoms with Crippen molar-refractivity contribution in [1.82, 2.24) is 19.9 Å². The molecule has 4 heterocycles. The molecule has 2 aliphatic heterocycles. The number of anilines is 2. The molecule has 6 atom stereocenters. The number of rotatable bonds is 12. The molecule has 0 spiro atoms. The first-order valence-corrected chi connectivity index (χ1v) is 13.1. The molecule has 204 valence electrons. The van der Waals surface area contributed by atoms with Crippen LogP contribution in [0, 0.1) is 0 Å². The van der Waals surface area contributed by atoms with E-state index in [1.807, 2.05) is 12.2 Å².